The number of nitrogens with one attached hydrogen (secondary N) is 1. The van der Waals surface area contributed by atoms with Crippen molar-refractivity contribution in [1.29, 1.82) is 0 Å². The average molecular weight is 288 g/mol. The highest BCUT2D eigenvalue weighted by atomic mass is 35.5. The highest BCUT2D eigenvalue weighted by Crippen LogP contribution is 2.16. The molecule has 0 radical (unpaired) electrons. The first-order valence-electron chi connectivity index (χ1n) is 5.77. The zero-order chi connectivity index (χ0) is 14.6. The smallest absolute Gasteiger partial charge is 0.307 e. The normalized spacial score (nSPS) is 13.7. The molecule has 1 aromatic rings. The van der Waals surface area contributed by atoms with E-state index in [1.54, 1.807) is 6.92 Å². The van der Waals surface area contributed by atoms with Crippen LogP contribution in [-0.4, -0.2) is 17.0 Å². The maximum Gasteiger partial charge on any atom is 0.307 e. The SMILES string of the molecule is CC(C(=O)O)C(C)C(=O)NCc1ccc(F)c(Cl)c1. The summed E-state index contributed by atoms with van der Waals surface area (Å²) >= 11 is 5.62. The number of carbonyl (C=O) groups excluding carboxylic acids is 1. The summed E-state index contributed by atoms with van der Waals surface area (Å²) in [7, 11) is 0. The van der Waals surface area contributed by atoms with E-state index in [1.807, 2.05) is 0 Å². The number of carbonyl (C=O) groups is 2. The zero-order valence-electron chi connectivity index (χ0n) is 10.6. The molecule has 0 spiro atoms. The first-order chi connectivity index (χ1) is 8.82. The number of amides is 1. The van der Waals surface area contributed by atoms with Gasteiger partial charge < -0.3 is 10.4 Å². The molecular weight excluding hydrogens is 273 g/mol. The molecule has 0 aliphatic heterocycles. The largest absolute Gasteiger partial charge is 0.481 e. The number of carboxylic acid groups (broad SMARTS) is 1. The van der Waals surface area contributed by atoms with Gasteiger partial charge in [-0.05, 0) is 17.7 Å². The molecule has 0 saturated carbocycles. The van der Waals surface area contributed by atoms with Crippen LogP contribution < -0.4 is 5.32 Å². The molecule has 6 heteroatoms. The van der Waals surface area contributed by atoms with Gasteiger partial charge in [0.05, 0.1) is 10.9 Å². The van der Waals surface area contributed by atoms with E-state index in [2.05, 4.69) is 5.32 Å². The van der Waals surface area contributed by atoms with E-state index < -0.39 is 23.6 Å². The summed E-state index contributed by atoms with van der Waals surface area (Å²) in [6.07, 6.45) is 0. The summed E-state index contributed by atoms with van der Waals surface area (Å²) in [4.78, 5) is 22.5. The molecule has 4 nitrogen and oxygen atoms in total. The number of rotatable bonds is 5. The Bertz CT molecular complexity index is 493. The van der Waals surface area contributed by atoms with Gasteiger partial charge in [-0.25, -0.2) is 4.39 Å². The highest BCUT2D eigenvalue weighted by Gasteiger charge is 2.25. The maximum atomic E-state index is 12.9. The van der Waals surface area contributed by atoms with Crippen molar-refractivity contribution in [2.45, 2.75) is 20.4 Å². The minimum Gasteiger partial charge on any atom is -0.481 e. The van der Waals surface area contributed by atoms with Gasteiger partial charge in [-0.3, -0.25) is 9.59 Å². The first kappa shape index (κ1) is 15.4. The van der Waals surface area contributed by atoms with Crippen LogP contribution in [0.15, 0.2) is 18.2 Å². The van der Waals surface area contributed by atoms with Crippen LogP contribution in [0.3, 0.4) is 0 Å². The lowest BCUT2D eigenvalue weighted by Crippen LogP contribution is -2.34. The van der Waals surface area contributed by atoms with Gasteiger partial charge in [0.1, 0.15) is 5.82 Å². The first-order valence-corrected chi connectivity index (χ1v) is 6.15. The summed E-state index contributed by atoms with van der Waals surface area (Å²) in [5.74, 6) is -3.32. The van der Waals surface area contributed by atoms with Crippen LogP contribution in [0.2, 0.25) is 5.02 Å². The van der Waals surface area contributed by atoms with Gasteiger partial charge in [-0.1, -0.05) is 31.5 Å². The second kappa shape index (κ2) is 6.52. The van der Waals surface area contributed by atoms with Crippen molar-refractivity contribution in [2.24, 2.45) is 11.8 Å². The van der Waals surface area contributed by atoms with Crippen molar-refractivity contribution >= 4 is 23.5 Å². The summed E-state index contributed by atoms with van der Waals surface area (Å²) in [5.41, 5.74) is 0.648. The molecule has 1 rings (SSSR count). The van der Waals surface area contributed by atoms with Gasteiger partial charge in [0.25, 0.3) is 0 Å². The van der Waals surface area contributed by atoms with Crippen molar-refractivity contribution in [2.75, 3.05) is 0 Å². The average Bonchev–Trinajstić information content (AvgIpc) is 2.37. The third kappa shape index (κ3) is 4.21. The Morgan fingerprint density at radius 2 is 2.00 bits per heavy atom. The van der Waals surface area contributed by atoms with Gasteiger partial charge in [0.15, 0.2) is 0 Å². The zero-order valence-corrected chi connectivity index (χ0v) is 11.4. The monoisotopic (exact) mass is 287 g/mol. The third-order valence-corrected chi connectivity index (χ3v) is 3.29. The second-order valence-electron chi connectivity index (χ2n) is 4.38. The third-order valence-electron chi connectivity index (χ3n) is 3.00. The van der Waals surface area contributed by atoms with Crippen LogP contribution in [0.4, 0.5) is 4.39 Å². The lowest BCUT2D eigenvalue weighted by Gasteiger charge is -2.15. The number of aliphatic carboxylic acids is 1. The number of hydrogen-bond acceptors (Lipinski definition) is 2. The lowest BCUT2D eigenvalue weighted by molar-refractivity contribution is -0.146. The molecule has 1 aromatic carbocycles. The fourth-order valence-corrected chi connectivity index (χ4v) is 1.64. The van der Waals surface area contributed by atoms with Gasteiger partial charge >= 0.3 is 5.97 Å². The molecule has 0 saturated heterocycles. The van der Waals surface area contributed by atoms with E-state index in [-0.39, 0.29) is 17.5 Å². The maximum absolute atomic E-state index is 12.9. The quantitative estimate of drug-likeness (QED) is 0.874. The topological polar surface area (TPSA) is 66.4 Å². The van der Waals surface area contributed by atoms with E-state index in [1.165, 1.54) is 25.1 Å². The van der Waals surface area contributed by atoms with Crippen molar-refractivity contribution < 1.29 is 19.1 Å². The molecule has 19 heavy (non-hydrogen) atoms. The van der Waals surface area contributed by atoms with Crippen LogP contribution in [0, 0.1) is 17.7 Å². The summed E-state index contributed by atoms with van der Waals surface area (Å²) in [6, 6.07) is 4.14. The molecule has 2 atom stereocenters. The minimum atomic E-state index is -1.02. The van der Waals surface area contributed by atoms with E-state index in [0.717, 1.165) is 0 Å². The molecule has 2 unspecified atom stereocenters. The Morgan fingerprint density at radius 1 is 1.37 bits per heavy atom. The van der Waals surface area contributed by atoms with Crippen LogP contribution >= 0.6 is 11.6 Å². The van der Waals surface area contributed by atoms with E-state index >= 15 is 0 Å². The highest BCUT2D eigenvalue weighted by molar-refractivity contribution is 6.30. The fourth-order valence-electron chi connectivity index (χ4n) is 1.44. The standard InChI is InChI=1S/C13H15ClFNO3/c1-7(8(2)13(18)19)12(17)16-6-9-3-4-11(15)10(14)5-9/h3-5,7-8H,6H2,1-2H3,(H,16,17)(H,18,19). The molecule has 104 valence electrons. The van der Waals surface area contributed by atoms with Gasteiger partial charge in [0.2, 0.25) is 5.91 Å². The van der Waals surface area contributed by atoms with Crippen LogP contribution in [0.25, 0.3) is 0 Å². The molecule has 0 aromatic heterocycles. The van der Waals surface area contributed by atoms with Crippen LogP contribution in [0.1, 0.15) is 19.4 Å². The number of benzene rings is 1. The van der Waals surface area contributed by atoms with Gasteiger partial charge in [-0.15, -0.1) is 0 Å². The molecule has 0 heterocycles. The summed E-state index contributed by atoms with van der Waals surface area (Å²) < 4.78 is 12.9. The molecular formula is C13H15ClFNO3. The Balaban J connectivity index is 2.59. The molecule has 0 aliphatic carbocycles. The Kier molecular flexibility index (Phi) is 5.30. The Labute approximate surface area is 115 Å². The molecule has 0 aliphatic rings. The predicted octanol–water partition coefficient (Wildman–Crippen LogP) is 2.45. The molecule has 0 fully saturated rings. The second-order valence-corrected chi connectivity index (χ2v) is 4.79. The predicted molar refractivity (Wildman–Crippen MR) is 69.2 cm³/mol. The summed E-state index contributed by atoms with van der Waals surface area (Å²) in [5, 5.41) is 11.4. The Hall–Kier alpha value is -1.62. The molecule has 2 N–H and O–H groups in total. The van der Waals surface area contributed by atoms with E-state index in [4.69, 9.17) is 16.7 Å². The van der Waals surface area contributed by atoms with Crippen molar-refractivity contribution in [3.63, 3.8) is 0 Å². The minimum absolute atomic E-state index is 0.0151. The molecule has 0 bridgehead atoms. The fraction of sp³-hybridized carbons (Fsp3) is 0.385. The van der Waals surface area contributed by atoms with Crippen LogP contribution in [0.5, 0.6) is 0 Å². The van der Waals surface area contributed by atoms with E-state index in [0.29, 0.717) is 5.56 Å². The van der Waals surface area contributed by atoms with Crippen molar-refractivity contribution in [1.82, 2.24) is 5.32 Å². The molecule has 1 amide bonds. The van der Waals surface area contributed by atoms with E-state index in [9.17, 15) is 14.0 Å². The van der Waals surface area contributed by atoms with Crippen molar-refractivity contribution in [3.05, 3.63) is 34.6 Å². The number of hydrogen-bond donors (Lipinski definition) is 2. The van der Waals surface area contributed by atoms with Crippen molar-refractivity contribution in [3.8, 4) is 0 Å². The summed E-state index contributed by atoms with van der Waals surface area (Å²) in [6.45, 7) is 3.20. The Morgan fingerprint density at radius 3 is 2.53 bits per heavy atom. The van der Waals surface area contributed by atoms with Gasteiger partial charge in [0, 0.05) is 12.5 Å². The number of halogens is 2. The number of carboxylic acids is 1. The lowest BCUT2D eigenvalue weighted by atomic mass is 9.95. The van der Waals surface area contributed by atoms with Gasteiger partial charge in [-0.2, -0.15) is 0 Å². The van der Waals surface area contributed by atoms with Crippen LogP contribution in [-0.2, 0) is 16.1 Å².